The summed E-state index contributed by atoms with van der Waals surface area (Å²) in [6.07, 6.45) is 0.462. The lowest BCUT2D eigenvalue weighted by atomic mass is 10.0. The maximum absolute atomic E-state index is 12.7. The van der Waals surface area contributed by atoms with Crippen molar-refractivity contribution >= 4 is 23.6 Å². The van der Waals surface area contributed by atoms with Gasteiger partial charge in [0.15, 0.2) is 0 Å². The van der Waals surface area contributed by atoms with Crippen LogP contribution in [-0.2, 0) is 9.59 Å². The molecule has 0 aromatic heterocycles. The zero-order chi connectivity index (χ0) is 15.4. The summed E-state index contributed by atoms with van der Waals surface area (Å²) < 4.78 is 0. The third-order valence-corrected chi connectivity index (χ3v) is 5.20. The van der Waals surface area contributed by atoms with Gasteiger partial charge in [0.1, 0.15) is 6.04 Å². The summed E-state index contributed by atoms with van der Waals surface area (Å²) in [4.78, 5) is 26.7. The second-order valence-electron chi connectivity index (χ2n) is 5.62. The van der Waals surface area contributed by atoms with Crippen LogP contribution in [0.15, 0.2) is 30.3 Å². The number of nitrogens with one attached hydrogen (secondary N) is 2. The predicted molar refractivity (Wildman–Crippen MR) is 87.6 cm³/mol. The van der Waals surface area contributed by atoms with E-state index in [-0.39, 0.29) is 17.9 Å². The van der Waals surface area contributed by atoms with Crippen molar-refractivity contribution in [3.63, 3.8) is 0 Å². The fourth-order valence-corrected chi connectivity index (χ4v) is 3.93. The third-order valence-electron chi connectivity index (χ3n) is 4.07. The van der Waals surface area contributed by atoms with Crippen molar-refractivity contribution in [3.05, 3.63) is 35.9 Å². The molecule has 2 unspecified atom stereocenters. The van der Waals surface area contributed by atoms with Gasteiger partial charge in [0, 0.05) is 43.6 Å². The Hall–Kier alpha value is -1.53. The number of carbonyl (C=O) groups is 2. The molecule has 2 N–H and O–H groups in total. The first kappa shape index (κ1) is 15.4. The summed E-state index contributed by atoms with van der Waals surface area (Å²) in [7, 11) is 0. The lowest BCUT2D eigenvalue weighted by Gasteiger charge is -2.36. The zero-order valence-electron chi connectivity index (χ0n) is 12.5. The average Bonchev–Trinajstić information content (AvgIpc) is 2.56. The molecule has 2 fully saturated rings. The Morgan fingerprint density at radius 1 is 1.27 bits per heavy atom. The van der Waals surface area contributed by atoms with Gasteiger partial charge in [0.2, 0.25) is 11.8 Å². The van der Waals surface area contributed by atoms with E-state index >= 15 is 0 Å². The number of nitrogens with zero attached hydrogens (tertiary/aromatic N) is 1. The van der Waals surface area contributed by atoms with E-state index in [1.54, 1.807) is 4.90 Å². The monoisotopic (exact) mass is 319 g/mol. The molecule has 2 saturated heterocycles. The van der Waals surface area contributed by atoms with E-state index in [1.165, 1.54) is 0 Å². The first-order valence-corrected chi connectivity index (χ1v) is 8.84. The van der Waals surface area contributed by atoms with Crippen LogP contribution in [-0.4, -0.2) is 53.9 Å². The number of amides is 2. The van der Waals surface area contributed by atoms with Gasteiger partial charge in [-0.3, -0.25) is 9.59 Å². The molecule has 6 heteroatoms. The third kappa shape index (κ3) is 3.44. The molecule has 118 valence electrons. The Balaban J connectivity index is 1.74. The molecule has 1 aromatic rings. The van der Waals surface area contributed by atoms with Crippen molar-refractivity contribution < 1.29 is 9.59 Å². The molecule has 2 aliphatic heterocycles. The molecule has 0 aliphatic carbocycles. The van der Waals surface area contributed by atoms with E-state index in [0.717, 1.165) is 23.6 Å². The Morgan fingerprint density at radius 3 is 2.82 bits per heavy atom. The number of piperazine rings is 1. The number of carbonyl (C=O) groups excluding carboxylic acids is 2. The second kappa shape index (κ2) is 7.15. The van der Waals surface area contributed by atoms with E-state index in [9.17, 15) is 9.59 Å². The van der Waals surface area contributed by atoms with Crippen molar-refractivity contribution in [1.82, 2.24) is 15.5 Å². The van der Waals surface area contributed by atoms with E-state index in [1.807, 2.05) is 42.1 Å². The average molecular weight is 319 g/mol. The fourth-order valence-electron chi connectivity index (χ4n) is 2.98. The first-order chi connectivity index (χ1) is 10.8. The van der Waals surface area contributed by atoms with Crippen molar-refractivity contribution in [2.75, 3.05) is 31.1 Å². The fraction of sp³-hybridized carbons (Fsp3) is 0.500. The summed E-state index contributed by atoms with van der Waals surface area (Å²) in [6, 6.07) is 9.25. The molecule has 3 rings (SSSR count). The molecular weight excluding hydrogens is 298 g/mol. The van der Waals surface area contributed by atoms with Crippen LogP contribution in [0.5, 0.6) is 0 Å². The highest BCUT2D eigenvalue weighted by Crippen LogP contribution is 2.24. The Labute approximate surface area is 134 Å². The number of hydrogen-bond donors (Lipinski definition) is 2. The van der Waals surface area contributed by atoms with Crippen LogP contribution in [0.25, 0.3) is 0 Å². The van der Waals surface area contributed by atoms with Crippen LogP contribution >= 0.6 is 11.8 Å². The zero-order valence-corrected chi connectivity index (χ0v) is 13.3. The number of benzene rings is 1. The maximum Gasteiger partial charge on any atom is 0.247 e. The van der Waals surface area contributed by atoms with Gasteiger partial charge in [-0.25, -0.2) is 0 Å². The predicted octanol–water partition coefficient (Wildman–Crippen LogP) is 0.781. The highest BCUT2D eigenvalue weighted by atomic mass is 32.2. The molecule has 5 nitrogen and oxygen atoms in total. The summed E-state index contributed by atoms with van der Waals surface area (Å²) in [6.45, 7) is 2.05. The quantitative estimate of drug-likeness (QED) is 0.864. The van der Waals surface area contributed by atoms with Crippen LogP contribution in [0, 0.1) is 0 Å². The lowest BCUT2D eigenvalue weighted by molar-refractivity contribution is -0.143. The smallest absolute Gasteiger partial charge is 0.247 e. The molecular formula is C16H21N3O2S. The standard InChI is InChI=1S/C16H21N3O2S/c20-14(10-13-11-22-9-7-17-13)19-8-6-18-16(21)15(19)12-4-2-1-3-5-12/h1-5,13,15,17H,6-11H2,(H,18,21). The van der Waals surface area contributed by atoms with Crippen LogP contribution in [0.4, 0.5) is 0 Å². The van der Waals surface area contributed by atoms with Crippen LogP contribution in [0.2, 0.25) is 0 Å². The van der Waals surface area contributed by atoms with Crippen molar-refractivity contribution in [1.29, 1.82) is 0 Å². The van der Waals surface area contributed by atoms with Gasteiger partial charge in [-0.1, -0.05) is 30.3 Å². The number of thioether (sulfide) groups is 1. The minimum absolute atomic E-state index is 0.0590. The largest absolute Gasteiger partial charge is 0.352 e. The molecule has 2 amide bonds. The van der Waals surface area contributed by atoms with Gasteiger partial charge < -0.3 is 15.5 Å². The SMILES string of the molecule is O=C1NCCN(C(=O)CC2CSCCN2)C1c1ccccc1. The number of hydrogen-bond acceptors (Lipinski definition) is 4. The van der Waals surface area contributed by atoms with E-state index in [0.29, 0.717) is 19.5 Å². The minimum atomic E-state index is -0.501. The molecule has 22 heavy (non-hydrogen) atoms. The highest BCUT2D eigenvalue weighted by molar-refractivity contribution is 7.99. The highest BCUT2D eigenvalue weighted by Gasteiger charge is 2.34. The van der Waals surface area contributed by atoms with Gasteiger partial charge in [-0.2, -0.15) is 11.8 Å². The lowest BCUT2D eigenvalue weighted by Crippen LogP contribution is -2.53. The van der Waals surface area contributed by atoms with E-state index in [4.69, 9.17) is 0 Å². The van der Waals surface area contributed by atoms with Crippen molar-refractivity contribution in [2.24, 2.45) is 0 Å². The summed E-state index contributed by atoms with van der Waals surface area (Å²) in [5.41, 5.74) is 0.874. The molecule has 2 atom stereocenters. The molecule has 0 bridgehead atoms. The maximum atomic E-state index is 12.7. The molecule has 2 heterocycles. The molecule has 2 aliphatic rings. The number of rotatable bonds is 3. The molecule has 0 saturated carbocycles. The Bertz CT molecular complexity index is 531. The van der Waals surface area contributed by atoms with Gasteiger partial charge in [0.25, 0.3) is 0 Å². The molecule has 0 radical (unpaired) electrons. The summed E-state index contributed by atoms with van der Waals surface area (Å²) >= 11 is 1.88. The van der Waals surface area contributed by atoms with Crippen molar-refractivity contribution in [3.8, 4) is 0 Å². The van der Waals surface area contributed by atoms with Crippen LogP contribution < -0.4 is 10.6 Å². The topological polar surface area (TPSA) is 61.4 Å². The van der Waals surface area contributed by atoms with Crippen molar-refractivity contribution in [2.45, 2.75) is 18.5 Å². The molecule has 0 spiro atoms. The molecule has 1 aromatic carbocycles. The van der Waals surface area contributed by atoms with Gasteiger partial charge >= 0.3 is 0 Å². The van der Waals surface area contributed by atoms with Gasteiger partial charge in [-0.15, -0.1) is 0 Å². The van der Waals surface area contributed by atoms with E-state index in [2.05, 4.69) is 10.6 Å². The normalized spacial score (nSPS) is 25.6. The Morgan fingerprint density at radius 2 is 2.09 bits per heavy atom. The first-order valence-electron chi connectivity index (χ1n) is 7.69. The van der Waals surface area contributed by atoms with E-state index < -0.39 is 6.04 Å². The van der Waals surface area contributed by atoms with Gasteiger partial charge in [0.05, 0.1) is 0 Å². The van der Waals surface area contributed by atoms with Gasteiger partial charge in [-0.05, 0) is 5.56 Å². The van der Waals surface area contributed by atoms with Crippen LogP contribution in [0.3, 0.4) is 0 Å². The second-order valence-corrected chi connectivity index (χ2v) is 6.77. The summed E-state index contributed by atoms with van der Waals surface area (Å²) in [5, 5.41) is 6.25. The van der Waals surface area contributed by atoms with Crippen LogP contribution in [0.1, 0.15) is 18.0 Å². The Kier molecular flexibility index (Phi) is 5.00. The summed E-state index contributed by atoms with van der Waals surface area (Å²) in [5.74, 6) is 2.03. The minimum Gasteiger partial charge on any atom is -0.352 e.